The molecule has 0 saturated carbocycles. The second-order valence-electron chi connectivity index (χ2n) is 14.9. The van der Waals surface area contributed by atoms with Gasteiger partial charge in [0.2, 0.25) is 0 Å². The molecule has 12 rings (SSSR count). The third kappa shape index (κ3) is 5.21. The summed E-state index contributed by atoms with van der Waals surface area (Å²) in [6.45, 7) is 0. The molecule has 270 valence electrons. The summed E-state index contributed by atoms with van der Waals surface area (Å²) in [5, 5.41) is 9.07. The van der Waals surface area contributed by atoms with Crippen LogP contribution in [0.25, 0.3) is 116 Å². The quantitative estimate of drug-likeness (QED) is 0.176. The maximum Gasteiger partial charge on any atom is 0.164 e. The highest BCUT2D eigenvalue weighted by Gasteiger charge is 2.22. The Hall–Kier alpha value is -7.89. The first-order valence-electron chi connectivity index (χ1n) is 19.5. The average Bonchev–Trinajstić information content (AvgIpc) is 3.83. The van der Waals surface area contributed by atoms with Gasteiger partial charge >= 0.3 is 0 Å². The zero-order valence-electron chi connectivity index (χ0n) is 31.2. The predicted molar refractivity (Wildman–Crippen MR) is 238 cm³/mol. The van der Waals surface area contributed by atoms with Gasteiger partial charge in [-0.3, -0.25) is 0 Å². The minimum absolute atomic E-state index is 0.583. The molecule has 3 aromatic heterocycles. The number of para-hydroxylation sites is 2. The summed E-state index contributed by atoms with van der Waals surface area (Å²) in [6.07, 6.45) is 0. The summed E-state index contributed by atoms with van der Waals surface area (Å²) in [6, 6.07) is 68.1. The Morgan fingerprint density at radius 2 is 0.897 bits per heavy atom. The van der Waals surface area contributed by atoms with Crippen molar-refractivity contribution in [1.29, 1.82) is 0 Å². The van der Waals surface area contributed by atoms with Crippen LogP contribution in [0.2, 0.25) is 0 Å². The largest absolute Gasteiger partial charge is 0.454 e. The smallest absolute Gasteiger partial charge is 0.164 e. The van der Waals surface area contributed by atoms with Crippen LogP contribution in [0.1, 0.15) is 0 Å². The van der Waals surface area contributed by atoms with Crippen LogP contribution < -0.4 is 0 Å². The lowest BCUT2D eigenvalue weighted by atomic mass is 10.0. The van der Waals surface area contributed by atoms with Gasteiger partial charge in [-0.05, 0) is 75.1 Å². The van der Waals surface area contributed by atoms with Gasteiger partial charge in [-0.15, -0.1) is 0 Å². The lowest BCUT2D eigenvalue weighted by Gasteiger charge is -2.13. The summed E-state index contributed by atoms with van der Waals surface area (Å²) in [7, 11) is 0. The normalized spacial score (nSPS) is 11.8. The van der Waals surface area contributed by atoms with E-state index in [1.54, 1.807) is 0 Å². The van der Waals surface area contributed by atoms with Crippen LogP contribution >= 0.6 is 0 Å². The maximum atomic E-state index is 6.78. The van der Waals surface area contributed by atoms with Crippen molar-refractivity contribution in [2.24, 2.45) is 0 Å². The molecule has 0 aliphatic heterocycles. The van der Waals surface area contributed by atoms with Gasteiger partial charge in [-0.2, -0.15) is 0 Å². The van der Waals surface area contributed by atoms with Gasteiger partial charge in [0.05, 0.1) is 16.7 Å². The van der Waals surface area contributed by atoms with Gasteiger partial charge < -0.3 is 8.98 Å². The van der Waals surface area contributed by atoms with Gasteiger partial charge in [0.25, 0.3) is 0 Å². The molecule has 0 unspecified atom stereocenters. The summed E-state index contributed by atoms with van der Waals surface area (Å²) in [5.74, 6) is 1.80. The zero-order chi connectivity index (χ0) is 38.2. The molecule has 0 amide bonds. The fourth-order valence-corrected chi connectivity index (χ4v) is 8.55. The second-order valence-corrected chi connectivity index (χ2v) is 14.9. The van der Waals surface area contributed by atoms with E-state index in [0.29, 0.717) is 17.5 Å². The van der Waals surface area contributed by atoms with Gasteiger partial charge in [-0.1, -0.05) is 152 Å². The Kier molecular flexibility index (Phi) is 7.16. The SMILES string of the molecule is c1ccc(-c2ccc(-c3nc(-c4ccc5ccccc5c4)nc(-c4cc(-n5c6ccccc6c6cc7ccccc7cc65)c5oc6ccccc6c5c4)n3)cc2)cc1. The highest BCUT2D eigenvalue weighted by atomic mass is 16.3. The maximum absolute atomic E-state index is 6.78. The number of rotatable bonds is 5. The van der Waals surface area contributed by atoms with E-state index in [-0.39, 0.29) is 0 Å². The molecule has 0 bridgehead atoms. The number of benzene rings is 9. The van der Waals surface area contributed by atoms with E-state index in [2.05, 4.69) is 180 Å². The van der Waals surface area contributed by atoms with Crippen LogP contribution in [-0.4, -0.2) is 19.5 Å². The standard InChI is InChI=1S/C53H32N4O/c1-2-12-33(13-3-1)35-22-25-36(26-23-35)51-54-52(40-27-24-34-14-4-5-15-37(34)28-40)56-53(55-51)41-30-45-43-19-9-11-21-49(43)58-50(45)48(32-41)57-46-20-10-8-18-42(46)44-29-38-16-6-7-17-39(38)31-47(44)57/h1-32H. The van der Waals surface area contributed by atoms with Gasteiger partial charge in [0.15, 0.2) is 23.1 Å². The van der Waals surface area contributed by atoms with Crippen molar-refractivity contribution in [2.75, 3.05) is 0 Å². The number of nitrogens with zero attached hydrogens (tertiary/aromatic N) is 4. The van der Waals surface area contributed by atoms with Gasteiger partial charge in [-0.25, -0.2) is 15.0 Å². The zero-order valence-corrected chi connectivity index (χ0v) is 31.2. The molecule has 5 nitrogen and oxygen atoms in total. The topological polar surface area (TPSA) is 56.7 Å². The molecule has 0 radical (unpaired) electrons. The lowest BCUT2D eigenvalue weighted by molar-refractivity contribution is 0.666. The first-order valence-corrected chi connectivity index (χ1v) is 19.5. The van der Waals surface area contributed by atoms with Crippen LogP contribution in [0.5, 0.6) is 0 Å². The fourth-order valence-electron chi connectivity index (χ4n) is 8.55. The molecule has 0 aliphatic carbocycles. The fraction of sp³-hybridized carbons (Fsp3) is 0. The van der Waals surface area contributed by atoms with E-state index in [9.17, 15) is 0 Å². The summed E-state index contributed by atoms with van der Waals surface area (Å²) >= 11 is 0. The van der Waals surface area contributed by atoms with Crippen molar-refractivity contribution in [3.05, 3.63) is 194 Å². The molecule has 0 atom stereocenters. The number of aromatic nitrogens is 4. The highest BCUT2D eigenvalue weighted by Crippen LogP contribution is 2.41. The molecule has 9 aromatic carbocycles. The van der Waals surface area contributed by atoms with Crippen molar-refractivity contribution < 1.29 is 4.42 Å². The summed E-state index contributed by atoms with van der Waals surface area (Å²) in [4.78, 5) is 15.7. The Morgan fingerprint density at radius 1 is 0.328 bits per heavy atom. The Bertz CT molecular complexity index is 3560. The molecule has 58 heavy (non-hydrogen) atoms. The van der Waals surface area contributed by atoms with Crippen LogP contribution in [0, 0.1) is 0 Å². The van der Waals surface area contributed by atoms with Crippen molar-refractivity contribution >= 4 is 65.3 Å². The summed E-state index contributed by atoms with van der Waals surface area (Å²) in [5.41, 5.74) is 9.75. The first kappa shape index (κ1) is 32.4. The molecular weight excluding hydrogens is 709 g/mol. The minimum Gasteiger partial charge on any atom is -0.454 e. The van der Waals surface area contributed by atoms with Crippen molar-refractivity contribution in [1.82, 2.24) is 19.5 Å². The van der Waals surface area contributed by atoms with Crippen molar-refractivity contribution in [2.45, 2.75) is 0 Å². The van der Waals surface area contributed by atoms with E-state index in [1.165, 1.54) is 21.5 Å². The lowest BCUT2D eigenvalue weighted by Crippen LogP contribution is -2.01. The van der Waals surface area contributed by atoms with Gasteiger partial charge in [0, 0.05) is 38.2 Å². The van der Waals surface area contributed by atoms with E-state index < -0.39 is 0 Å². The average molecular weight is 741 g/mol. The van der Waals surface area contributed by atoms with Crippen LogP contribution in [0.3, 0.4) is 0 Å². The predicted octanol–water partition coefficient (Wildman–Crippen LogP) is 13.8. The monoisotopic (exact) mass is 740 g/mol. The number of hydrogen-bond donors (Lipinski definition) is 0. The van der Waals surface area contributed by atoms with Gasteiger partial charge in [0.1, 0.15) is 5.58 Å². The third-order valence-corrected chi connectivity index (χ3v) is 11.4. The molecule has 0 spiro atoms. The molecule has 0 aliphatic rings. The van der Waals surface area contributed by atoms with Crippen molar-refractivity contribution in [3.63, 3.8) is 0 Å². The molecule has 0 fully saturated rings. The summed E-state index contributed by atoms with van der Waals surface area (Å²) < 4.78 is 9.13. The van der Waals surface area contributed by atoms with E-state index in [4.69, 9.17) is 19.4 Å². The number of furan rings is 1. The molecule has 0 N–H and O–H groups in total. The Labute approximate surface area is 333 Å². The molecule has 12 aromatic rings. The van der Waals surface area contributed by atoms with E-state index >= 15 is 0 Å². The Morgan fingerprint density at radius 3 is 1.69 bits per heavy atom. The molecule has 0 saturated heterocycles. The second kappa shape index (κ2) is 12.8. The first-order chi connectivity index (χ1) is 28.7. The van der Waals surface area contributed by atoms with E-state index in [0.717, 1.165) is 77.2 Å². The number of fused-ring (bicyclic) bond motifs is 8. The van der Waals surface area contributed by atoms with Crippen LogP contribution in [0.4, 0.5) is 0 Å². The van der Waals surface area contributed by atoms with Crippen molar-refractivity contribution in [3.8, 4) is 51.0 Å². The third-order valence-electron chi connectivity index (χ3n) is 11.4. The molecule has 3 heterocycles. The molecular formula is C53H32N4O. The van der Waals surface area contributed by atoms with Crippen LogP contribution in [0.15, 0.2) is 199 Å². The molecule has 5 heteroatoms. The Balaban J connectivity index is 1.13. The number of hydrogen-bond acceptors (Lipinski definition) is 4. The minimum atomic E-state index is 0.583. The highest BCUT2D eigenvalue weighted by molar-refractivity contribution is 6.16. The van der Waals surface area contributed by atoms with E-state index in [1.807, 2.05) is 18.2 Å². The van der Waals surface area contributed by atoms with Crippen LogP contribution in [-0.2, 0) is 0 Å².